The molecule has 0 atom stereocenters. The molecule has 1 heterocycles. The van der Waals surface area contributed by atoms with E-state index in [1.807, 2.05) is 30.5 Å². The fourth-order valence-corrected chi connectivity index (χ4v) is 2.44. The van der Waals surface area contributed by atoms with Crippen LogP contribution >= 0.6 is 0 Å². The molecule has 1 amide bonds. The summed E-state index contributed by atoms with van der Waals surface area (Å²) in [5.41, 5.74) is 5.13. The molecule has 122 valence electrons. The van der Waals surface area contributed by atoms with Crippen LogP contribution in [0.15, 0.2) is 53.8 Å². The minimum absolute atomic E-state index is 0.0537. The average Bonchev–Trinajstić information content (AvgIpc) is 2.99. The molecule has 3 aromatic rings. The van der Waals surface area contributed by atoms with Gasteiger partial charge in [0, 0.05) is 17.1 Å². The van der Waals surface area contributed by atoms with Crippen LogP contribution in [0.3, 0.4) is 0 Å². The van der Waals surface area contributed by atoms with Crippen LogP contribution in [0, 0.1) is 0 Å². The Balaban J connectivity index is 1.63. The topological polar surface area (TPSA) is 86.7 Å². The third-order valence-corrected chi connectivity index (χ3v) is 3.63. The number of phenols is 1. The Kier molecular flexibility index (Phi) is 4.47. The summed E-state index contributed by atoms with van der Waals surface area (Å²) in [7, 11) is 1.47. The quantitative estimate of drug-likeness (QED) is 0.498. The van der Waals surface area contributed by atoms with Gasteiger partial charge >= 0.3 is 0 Å². The number of nitrogens with zero attached hydrogens (tertiary/aromatic N) is 1. The van der Waals surface area contributed by atoms with Crippen molar-refractivity contribution >= 4 is 23.0 Å². The van der Waals surface area contributed by atoms with Crippen LogP contribution in [0.25, 0.3) is 10.9 Å². The summed E-state index contributed by atoms with van der Waals surface area (Å²) >= 11 is 0. The van der Waals surface area contributed by atoms with Gasteiger partial charge in [-0.15, -0.1) is 0 Å². The lowest BCUT2D eigenvalue weighted by molar-refractivity contribution is -0.120. The summed E-state index contributed by atoms with van der Waals surface area (Å²) in [5.74, 6) is 0.198. The van der Waals surface area contributed by atoms with Crippen molar-refractivity contribution < 1.29 is 14.6 Å². The number of ether oxygens (including phenoxy) is 1. The molecular weight excluding hydrogens is 306 g/mol. The van der Waals surface area contributed by atoms with E-state index in [0.29, 0.717) is 11.3 Å². The van der Waals surface area contributed by atoms with Crippen LogP contribution in [0.2, 0.25) is 0 Å². The molecule has 0 radical (unpaired) electrons. The van der Waals surface area contributed by atoms with Gasteiger partial charge in [0.2, 0.25) is 5.91 Å². The zero-order valence-corrected chi connectivity index (χ0v) is 13.1. The van der Waals surface area contributed by atoms with E-state index in [4.69, 9.17) is 4.74 Å². The maximum Gasteiger partial charge on any atom is 0.244 e. The lowest BCUT2D eigenvalue weighted by Crippen LogP contribution is -2.19. The Morgan fingerprint density at radius 2 is 2.17 bits per heavy atom. The first-order valence-electron chi connectivity index (χ1n) is 7.41. The molecule has 0 aliphatic rings. The molecule has 0 aliphatic carbocycles. The number of benzene rings is 2. The van der Waals surface area contributed by atoms with E-state index in [0.717, 1.165) is 16.5 Å². The number of aromatic amines is 1. The van der Waals surface area contributed by atoms with Gasteiger partial charge in [-0.2, -0.15) is 5.10 Å². The first kappa shape index (κ1) is 15.6. The van der Waals surface area contributed by atoms with E-state index < -0.39 is 0 Å². The summed E-state index contributed by atoms with van der Waals surface area (Å²) in [6, 6.07) is 12.6. The number of nitrogens with one attached hydrogen (secondary N) is 2. The molecular formula is C18H17N3O3. The maximum atomic E-state index is 12.0. The smallest absolute Gasteiger partial charge is 0.244 e. The SMILES string of the molecule is COc1cc(/C=N/NC(=O)Cc2c[nH]c3ccccc23)ccc1O. The fraction of sp³-hybridized carbons (Fsp3) is 0.111. The first-order valence-corrected chi connectivity index (χ1v) is 7.41. The first-order chi connectivity index (χ1) is 11.7. The number of fused-ring (bicyclic) bond motifs is 1. The molecule has 6 heteroatoms. The van der Waals surface area contributed by atoms with Crippen molar-refractivity contribution in [2.75, 3.05) is 7.11 Å². The number of methoxy groups -OCH3 is 1. The van der Waals surface area contributed by atoms with Crippen molar-refractivity contribution in [1.82, 2.24) is 10.4 Å². The second-order valence-electron chi connectivity index (χ2n) is 5.26. The summed E-state index contributed by atoms with van der Waals surface area (Å²) < 4.78 is 5.02. The zero-order valence-electron chi connectivity index (χ0n) is 13.1. The number of hydrogen-bond acceptors (Lipinski definition) is 4. The van der Waals surface area contributed by atoms with E-state index in [1.54, 1.807) is 12.1 Å². The van der Waals surface area contributed by atoms with E-state index in [-0.39, 0.29) is 18.1 Å². The van der Waals surface area contributed by atoms with E-state index >= 15 is 0 Å². The zero-order chi connectivity index (χ0) is 16.9. The number of rotatable bonds is 5. The van der Waals surface area contributed by atoms with Crippen LogP contribution in [0.4, 0.5) is 0 Å². The molecule has 3 N–H and O–H groups in total. The minimum atomic E-state index is -0.207. The van der Waals surface area contributed by atoms with Crippen LogP contribution in [-0.4, -0.2) is 29.3 Å². The van der Waals surface area contributed by atoms with Crippen molar-refractivity contribution in [2.24, 2.45) is 5.10 Å². The molecule has 0 fully saturated rings. The number of phenolic OH excluding ortho intramolecular Hbond substituents is 1. The van der Waals surface area contributed by atoms with E-state index in [9.17, 15) is 9.90 Å². The van der Waals surface area contributed by atoms with Crippen molar-refractivity contribution in [1.29, 1.82) is 0 Å². The molecule has 0 bridgehead atoms. The number of carbonyl (C=O) groups is 1. The Morgan fingerprint density at radius 3 is 3.00 bits per heavy atom. The largest absolute Gasteiger partial charge is 0.504 e. The number of amides is 1. The molecule has 0 aliphatic heterocycles. The Morgan fingerprint density at radius 1 is 1.33 bits per heavy atom. The molecule has 2 aromatic carbocycles. The highest BCUT2D eigenvalue weighted by Crippen LogP contribution is 2.25. The van der Waals surface area contributed by atoms with Gasteiger partial charge in [0.15, 0.2) is 11.5 Å². The maximum absolute atomic E-state index is 12.0. The molecule has 6 nitrogen and oxygen atoms in total. The van der Waals surface area contributed by atoms with Crippen LogP contribution in [0.5, 0.6) is 11.5 Å². The van der Waals surface area contributed by atoms with Crippen molar-refractivity contribution in [3.05, 3.63) is 59.8 Å². The van der Waals surface area contributed by atoms with Crippen molar-refractivity contribution in [2.45, 2.75) is 6.42 Å². The Labute approximate surface area is 138 Å². The summed E-state index contributed by atoms with van der Waals surface area (Å²) in [4.78, 5) is 15.2. The van der Waals surface area contributed by atoms with E-state index in [2.05, 4.69) is 15.5 Å². The monoisotopic (exact) mass is 323 g/mol. The number of carbonyl (C=O) groups excluding carboxylic acids is 1. The van der Waals surface area contributed by atoms with Crippen LogP contribution in [0.1, 0.15) is 11.1 Å². The van der Waals surface area contributed by atoms with Crippen LogP contribution < -0.4 is 10.2 Å². The van der Waals surface area contributed by atoms with Gasteiger partial charge < -0.3 is 14.8 Å². The highest BCUT2D eigenvalue weighted by molar-refractivity contribution is 5.89. The Hall–Kier alpha value is -3.28. The van der Waals surface area contributed by atoms with Gasteiger partial charge in [-0.1, -0.05) is 18.2 Å². The van der Waals surface area contributed by atoms with E-state index in [1.165, 1.54) is 19.4 Å². The van der Waals surface area contributed by atoms with Gasteiger partial charge in [-0.05, 0) is 35.4 Å². The van der Waals surface area contributed by atoms with Gasteiger partial charge in [0.1, 0.15) is 0 Å². The summed E-state index contributed by atoms with van der Waals surface area (Å²) in [6.45, 7) is 0. The molecule has 0 spiro atoms. The molecule has 3 rings (SSSR count). The van der Waals surface area contributed by atoms with Gasteiger partial charge in [0.25, 0.3) is 0 Å². The third-order valence-electron chi connectivity index (χ3n) is 3.63. The van der Waals surface area contributed by atoms with Gasteiger partial charge in [-0.3, -0.25) is 4.79 Å². The van der Waals surface area contributed by atoms with Gasteiger partial charge in [0.05, 0.1) is 19.7 Å². The van der Waals surface area contributed by atoms with Crippen molar-refractivity contribution in [3.63, 3.8) is 0 Å². The predicted octanol–water partition coefficient (Wildman–Crippen LogP) is 2.57. The lowest BCUT2D eigenvalue weighted by atomic mass is 10.1. The number of aromatic hydroxyl groups is 1. The predicted molar refractivity (Wildman–Crippen MR) is 92.4 cm³/mol. The minimum Gasteiger partial charge on any atom is -0.504 e. The number of para-hydroxylation sites is 1. The number of hydrazone groups is 1. The number of H-pyrrole nitrogens is 1. The molecule has 0 saturated heterocycles. The molecule has 24 heavy (non-hydrogen) atoms. The standard InChI is InChI=1S/C18H17N3O3/c1-24-17-8-12(6-7-16(17)22)10-20-21-18(23)9-13-11-19-15-5-3-2-4-14(13)15/h2-8,10-11,19,22H,9H2,1H3,(H,21,23)/b20-10+. The highest BCUT2D eigenvalue weighted by atomic mass is 16.5. The summed E-state index contributed by atoms with van der Waals surface area (Å²) in [6.07, 6.45) is 3.56. The second kappa shape index (κ2) is 6.87. The van der Waals surface area contributed by atoms with Crippen LogP contribution in [-0.2, 0) is 11.2 Å². The molecule has 0 saturated carbocycles. The number of hydrogen-bond donors (Lipinski definition) is 3. The highest BCUT2D eigenvalue weighted by Gasteiger charge is 2.07. The fourth-order valence-electron chi connectivity index (χ4n) is 2.44. The Bertz CT molecular complexity index is 899. The molecule has 0 unspecified atom stereocenters. The van der Waals surface area contributed by atoms with Gasteiger partial charge in [-0.25, -0.2) is 5.43 Å². The second-order valence-corrected chi connectivity index (χ2v) is 5.26. The molecule has 1 aromatic heterocycles. The number of aromatic nitrogens is 1. The third kappa shape index (κ3) is 3.38. The average molecular weight is 323 g/mol. The van der Waals surface area contributed by atoms with Crippen molar-refractivity contribution in [3.8, 4) is 11.5 Å². The normalized spacial score (nSPS) is 11.0. The lowest BCUT2D eigenvalue weighted by Gasteiger charge is -2.03. The summed E-state index contributed by atoms with van der Waals surface area (Å²) in [5, 5.41) is 14.5.